The van der Waals surface area contributed by atoms with Crippen molar-refractivity contribution in [2.75, 3.05) is 19.3 Å². The number of nitrogens with one attached hydrogen (secondary N) is 1. The number of sulfonamides is 1. The summed E-state index contributed by atoms with van der Waals surface area (Å²) >= 11 is 0. The van der Waals surface area contributed by atoms with Gasteiger partial charge in [-0.05, 0) is 25.7 Å². The van der Waals surface area contributed by atoms with Crippen molar-refractivity contribution in [3.8, 4) is 0 Å². The van der Waals surface area contributed by atoms with E-state index < -0.39 is 16.1 Å². The van der Waals surface area contributed by atoms with Crippen LogP contribution in [-0.4, -0.2) is 52.8 Å². The highest BCUT2D eigenvalue weighted by molar-refractivity contribution is 7.88. The molecule has 8 nitrogen and oxygen atoms in total. The second kappa shape index (κ2) is 8.18. The molecule has 9 heteroatoms. The zero-order chi connectivity index (χ0) is 20.6. The van der Waals surface area contributed by atoms with Gasteiger partial charge in [-0.2, -0.15) is 4.31 Å². The van der Waals surface area contributed by atoms with Crippen molar-refractivity contribution in [1.29, 1.82) is 0 Å². The standard InChI is InChI=1S/C20H30N4O4S/c1-29(27,28)24-11-6-5-9-17(24)18-21-16-10-12-23(13-15(16)19(25)22-18)20(26)14-7-3-2-4-8-14/h14,17H,2-13H2,1H3,(H,21,22,25)/t17-/m0/s1. The molecule has 1 saturated carbocycles. The first-order valence-electron chi connectivity index (χ1n) is 10.7. The van der Waals surface area contributed by atoms with Crippen LogP contribution in [0.2, 0.25) is 0 Å². The van der Waals surface area contributed by atoms with E-state index in [0.717, 1.165) is 38.5 Å². The maximum atomic E-state index is 12.9. The largest absolute Gasteiger partial charge is 0.337 e. The molecule has 1 amide bonds. The average Bonchev–Trinajstić information content (AvgIpc) is 2.73. The van der Waals surface area contributed by atoms with Crippen LogP contribution in [0.1, 0.15) is 74.5 Å². The van der Waals surface area contributed by atoms with Gasteiger partial charge >= 0.3 is 0 Å². The highest BCUT2D eigenvalue weighted by Gasteiger charge is 2.34. The van der Waals surface area contributed by atoms with Gasteiger partial charge in [0.1, 0.15) is 5.82 Å². The van der Waals surface area contributed by atoms with Crippen molar-refractivity contribution >= 4 is 15.9 Å². The number of hydrogen-bond donors (Lipinski definition) is 1. The maximum Gasteiger partial charge on any atom is 0.256 e. The van der Waals surface area contributed by atoms with Gasteiger partial charge < -0.3 is 9.88 Å². The van der Waals surface area contributed by atoms with Crippen molar-refractivity contribution < 1.29 is 13.2 Å². The summed E-state index contributed by atoms with van der Waals surface area (Å²) < 4.78 is 25.8. The predicted molar refractivity (Wildman–Crippen MR) is 109 cm³/mol. The molecule has 1 aromatic rings. The smallest absolute Gasteiger partial charge is 0.256 e. The fourth-order valence-electron chi connectivity index (χ4n) is 4.97. The summed E-state index contributed by atoms with van der Waals surface area (Å²) in [6.45, 7) is 1.32. The van der Waals surface area contributed by atoms with Crippen LogP contribution in [0.15, 0.2) is 4.79 Å². The van der Waals surface area contributed by atoms with E-state index in [1.165, 1.54) is 17.0 Å². The molecular formula is C20H30N4O4S. The molecular weight excluding hydrogens is 392 g/mol. The third-order valence-electron chi connectivity index (χ3n) is 6.55. The minimum atomic E-state index is -3.37. The van der Waals surface area contributed by atoms with E-state index >= 15 is 0 Å². The van der Waals surface area contributed by atoms with Gasteiger partial charge in [0.2, 0.25) is 15.9 Å². The minimum absolute atomic E-state index is 0.0853. The summed E-state index contributed by atoms with van der Waals surface area (Å²) in [6, 6.07) is -0.418. The molecule has 2 aliphatic heterocycles. The number of piperidine rings is 1. The molecule has 2 fully saturated rings. The Balaban J connectivity index is 1.57. The first kappa shape index (κ1) is 20.5. The molecule has 0 spiro atoms. The topological polar surface area (TPSA) is 103 Å². The number of H-pyrrole nitrogens is 1. The molecule has 0 unspecified atom stereocenters. The summed E-state index contributed by atoms with van der Waals surface area (Å²) in [6.07, 6.45) is 9.41. The summed E-state index contributed by atoms with van der Waals surface area (Å²) in [4.78, 5) is 35.0. The second-order valence-corrected chi connectivity index (χ2v) is 10.5. The Labute approximate surface area is 171 Å². The Bertz CT molecular complexity index is 936. The molecule has 0 aromatic carbocycles. The van der Waals surface area contributed by atoms with Crippen LogP contribution in [-0.2, 0) is 27.8 Å². The van der Waals surface area contributed by atoms with Gasteiger partial charge in [-0.25, -0.2) is 13.4 Å². The summed E-state index contributed by atoms with van der Waals surface area (Å²) in [5, 5.41) is 0. The lowest BCUT2D eigenvalue weighted by molar-refractivity contribution is -0.137. The van der Waals surface area contributed by atoms with E-state index in [1.807, 2.05) is 0 Å². The number of amides is 1. The van der Waals surface area contributed by atoms with Crippen molar-refractivity contribution in [3.63, 3.8) is 0 Å². The van der Waals surface area contributed by atoms with Crippen LogP contribution in [0.5, 0.6) is 0 Å². The van der Waals surface area contributed by atoms with Gasteiger partial charge in [-0.3, -0.25) is 9.59 Å². The predicted octanol–water partition coefficient (Wildman–Crippen LogP) is 1.72. The fraction of sp³-hybridized carbons (Fsp3) is 0.750. The van der Waals surface area contributed by atoms with Gasteiger partial charge in [-0.1, -0.05) is 25.7 Å². The monoisotopic (exact) mass is 422 g/mol. The second-order valence-electron chi connectivity index (χ2n) is 8.61. The highest BCUT2D eigenvalue weighted by atomic mass is 32.2. The quantitative estimate of drug-likeness (QED) is 0.799. The maximum absolute atomic E-state index is 12.9. The number of carbonyl (C=O) groups is 1. The third kappa shape index (κ3) is 4.26. The van der Waals surface area contributed by atoms with Crippen LogP contribution in [0.25, 0.3) is 0 Å². The lowest BCUT2D eigenvalue weighted by atomic mass is 9.88. The van der Waals surface area contributed by atoms with Gasteiger partial charge in [-0.15, -0.1) is 0 Å². The molecule has 1 saturated heterocycles. The van der Waals surface area contributed by atoms with E-state index in [4.69, 9.17) is 0 Å². The Hall–Kier alpha value is -1.74. The highest BCUT2D eigenvalue weighted by Crippen LogP contribution is 2.31. The first-order valence-corrected chi connectivity index (χ1v) is 12.6. The average molecular weight is 423 g/mol. The lowest BCUT2D eigenvalue weighted by Crippen LogP contribution is -2.44. The van der Waals surface area contributed by atoms with Crippen molar-refractivity contribution in [2.45, 2.75) is 70.4 Å². The Morgan fingerprint density at radius 2 is 1.79 bits per heavy atom. The molecule has 0 radical (unpaired) electrons. The van der Waals surface area contributed by atoms with Crippen LogP contribution in [0.4, 0.5) is 0 Å². The number of nitrogens with zero attached hydrogens (tertiary/aromatic N) is 3. The molecule has 160 valence electrons. The summed E-state index contributed by atoms with van der Waals surface area (Å²) in [5.74, 6) is 0.683. The molecule has 4 rings (SSSR count). The minimum Gasteiger partial charge on any atom is -0.337 e. The van der Waals surface area contributed by atoms with Gasteiger partial charge in [0.05, 0.1) is 30.1 Å². The third-order valence-corrected chi connectivity index (χ3v) is 7.84. The van der Waals surface area contributed by atoms with Crippen LogP contribution in [0, 0.1) is 5.92 Å². The Morgan fingerprint density at radius 1 is 1.07 bits per heavy atom. The van der Waals surface area contributed by atoms with Crippen LogP contribution < -0.4 is 5.56 Å². The lowest BCUT2D eigenvalue weighted by Gasteiger charge is -2.34. The van der Waals surface area contributed by atoms with Gasteiger partial charge in [0.15, 0.2) is 0 Å². The van der Waals surface area contributed by atoms with E-state index in [0.29, 0.717) is 49.6 Å². The number of aromatic nitrogens is 2. The zero-order valence-electron chi connectivity index (χ0n) is 17.0. The fourth-order valence-corrected chi connectivity index (χ4v) is 6.10. The molecule has 1 aliphatic carbocycles. The molecule has 1 aromatic heterocycles. The molecule has 0 bridgehead atoms. The number of fused-ring (bicyclic) bond motifs is 1. The number of rotatable bonds is 3. The van der Waals surface area contributed by atoms with Crippen molar-refractivity contribution in [1.82, 2.24) is 19.2 Å². The van der Waals surface area contributed by atoms with E-state index in [1.54, 1.807) is 4.90 Å². The van der Waals surface area contributed by atoms with Crippen molar-refractivity contribution in [3.05, 3.63) is 27.4 Å². The van der Waals surface area contributed by atoms with Gasteiger partial charge in [0.25, 0.3) is 5.56 Å². The van der Waals surface area contributed by atoms with Gasteiger partial charge in [0, 0.05) is 25.4 Å². The van der Waals surface area contributed by atoms with Crippen LogP contribution in [0.3, 0.4) is 0 Å². The van der Waals surface area contributed by atoms with Crippen molar-refractivity contribution in [2.24, 2.45) is 5.92 Å². The molecule has 1 N–H and O–H groups in total. The SMILES string of the molecule is CS(=O)(=O)N1CCCC[C@H]1c1nc2c(c(=O)[nH]1)CN(C(=O)C1CCCCC1)CC2. The number of carbonyl (C=O) groups excluding carboxylic acids is 1. The van der Waals surface area contributed by atoms with E-state index in [2.05, 4.69) is 9.97 Å². The number of hydrogen-bond acceptors (Lipinski definition) is 5. The van der Waals surface area contributed by atoms with E-state index in [9.17, 15) is 18.0 Å². The van der Waals surface area contributed by atoms with Crippen LogP contribution >= 0.6 is 0 Å². The Kier molecular flexibility index (Phi) is 5.79. The molecule has 1 atom stereocenters. The molecule has 3 aliphatic rings. The normalized spacial score (nSPS) is 24.3. The first-order chi connectivity index (χ1) is 13.8. The Morgan fingerprint density at radius 3 is 2.52 bits per heavy atom. The van der Waals surface area contributed by atoms with E-state index in [-0.39, 0.29) is 17.4 Å². The molecule has 3 heterocycles. The molecule has 29 heavy (non-hydrogen) atoms. The zero-order valence-corrected chi connectivity index (χ0v) is 17.8. The number of aromatic amines is 1. The summed E-state index contributed by atoms with van der Waals surface area (Å²) in [7, 11) is -3.37. The summed E-state index contributed by atoms with van der Waals surface area (Å²) in [5.41, 5.74) is 1.01.